The number of rotatable bonds is 7. The summed E-state index contributed by atoms with van der Waals surface area (Å²) in [5.74, 6) is 0.400. The van der Waals surface area contributed by atoms with Crippen molar-refractivity contribution >= 4 is 11.6 Å². The average Bonchev–Trinajstić information content (AvgIpc) is 2.93. The molecule has 0 amide bonds. The molecule has 20 heavy (non-hydrogen) atoms. The Hall–Kier alpha value is -1.62. The fourth-order valence-electron chi connectivity index (χ4n) is 1.72. The Labute approximate surface area is 122 Å². The van der Waals surface area contributed by atoms with Crippen LogP contribution in [0, 0.1) is 5.82 Å². The molecule has 2 rings (SSSR count). The summed E-state index contributed by atoms with van der Waals surface area (Å²) < 4.78 is 20.0. The summed E-state index contributed by atoms with van der Waals surface area (Å²) in [4.78, 5) is 0. The minimum atomic E-state index is -0.265. The number of aromatic nitrogens is 3. The lowest BCUT2D eigenvalue weighted by atomic mass is 10.3. The molecule has 0 saturated carbocycles. The molecule has 1 aromatic carbocycles. The molecule has 108 valence electrons. The van der Waals surface area contributed by atoms with Gasteiger partial charge in [-0.1, -0.05) is 12.1 Å². The third-order valence-corrected chi connectivity index (χ3v) is 3.38. The molecule has 0 spiro atoms. The van der Waals surface area contributed by atoms with Gasteiger partial charge in [-0.05, 0) is 30.7 Å². The third-order valence-electron chi connectivity index (χ3n) is 2.85. The SMILES string of the molecule is CCC(Cl)c1cn(CCCOc2ccc(F)cc2)nn1. The van der Waals surface area contributed by atoms with E-state index in [0.29, 0.717) is 18.9 Å². The molecule has 0 saturated heterocycles. The summed E-state index contributed by atoms with van der Waals surface area (Å²) in [5.41, 5.74) is 0.800. The number of hydrogen-bond donors (Lipinski definition) is 0. The van der Waals surface area contributed by atoms with Gasteiger partial charge in [0.2, 0.25) is 0 Å². The molecule has 1 unspecified atom stereocenters. The van der Waals surface area contributed by atoms with Crippen molar-refractivity contribution in [2.45, 2.75) is 31.7 Å². The second-order valence-electron chi connectivity index (χ2n) is 4.44. The quantitative estimate of drug-likeness (QED) is 0.579. The number of ether oxygens (including phenoxy) is 1. The summed E-state index contributed by atoms with van der Waals surface area (Å²) >= 11 is 6.09. The Morgan fingerprint density at radius 1 is 1.35 bits per heavy atom. The average molecular weight is 298 g/mol. The van der Waals surface area contributed by atoms with Gasteiger partial charge >= 0.3 is 0 Å². The van der Waals surface area contributed by atoms with Crippen molar-refractivity contribution < 1.29 is 9.13 Å². The fraction of sp³-hybridized carbons (Fsp3) is 0.429. The molecule has 4 nitrogen and oxygen atoms in total. The van der Waals surface area contributed by atoms with E-state index < -0.39 is 0 Å². The van der Waals surface area contributed by atoms with Crippen molar-refractivity contribution in [2.75, 3.05) is 6.61 Å². The summed E-state index contributed by atoms with van der Waals surface area (Å²) in [6.07, 6.45) is 3.48. The second-order valence-corrected chi connectivity index (χ2v) is 4.97. The van der Waals surface area contributed by atoms with Gasteiger partial charge in [-0.15, -0.1) is 16.7 Å². The highest BCUT2D eigenvalue weighted by atomic mass is 35.5. The summed E-state index contributed by atoms with van der Waals surface area (Å²) in [7, 11) is 0. The van der Waals surface area contributed by atoms with E-state index in [2.05, 4.69) is 10.3 Å². The zero-order valence-electron chi connectivity index (χ0n) is 11.3. The predicted octanol–water partition coefficient (Wildman–Crippen LogP) is 3.58. The van der Waals surface area contributed by atoms with Crippen LogP contribution in [0.1, 0.15) is 30.8 Å². The molecule has 0 bridgehead atoms. The van der Waals surface area contributed by atoms with Gasteiger partial charge in [0.05, 0.1) is 12.0 Å². The van der Waals surface area contributed by atoms with E-state index in [1.807, 2.05) is 13.1 Å². The van der Waals surface area contributed by atoms with Gasteiger partial charge in [-0.2, -0.15) is 0 Å². The topological polar surface area (TPSA) is 39.9 Å². The maximum absolute atomic E-state index is 12.7. The molecule has 0 aliphatic rings. The maximum Gasteiger partial charge on any atom is 0.123 e. The second kappa shape index (κ2) is 7.24. The number of halogens is 2. The Balaban J connectivity index is 1.73. The van der Waals surface area contributed by atoms with E-state index in [1.165, 1.54) is 12.1 Å². The van der Waals surface area contributed by atoms with Gasteiger partial charge in [0.1, 0.15) is 17.3 Å². The Kier molecular flexibility index (Phi) is 5.35. The van der Waals surface area contributed by atoms with Crippen molar-refractivity contribution in [1.82, 2.24) is 15.0 Å². The summed E-state index contributed by atoms with van der Waals surface area (Å²) in [5, 5.41) is 7.97. The number of nitrogens with zero attached hydrogens (tertiary/aromatic N) is 3. The van der Waals surface area contributed by atoms with Crippen LogP contribution in [0.15, 0.2) is 30.5 Å². The van der Waals surface area contributed by atoms with Crippen LogP contribution >= 0.6 is 11.6 Å². The molecule has 0 radical (unpaired) electrons. The zero-order valence-corrected chi connectivity index (χ0v) is 12.1. The normalized spacial score (nSPS) is 12.3. The number of alkyl halides is 1. The molecular formula is C14H17ClFN3O. The van der Waals surface area contributed by atoms with Crippen molar-refractivity contribution in [1.29, 1.82) is 0 Å². The highest BCUT2D eigenvalue weighted by Crippen LogP contribution is 2.20. The van der Waals surface area contributed by atoms with Crippen molar-refractivity contribution in [3.63, 3.8) is 0 Å². The van der Waals surface area contributed by atoms with E-state index in [0.717, 1.165) is 18.5 Å². The standard InChI is InChI=1S/C14H17ClFN3O/c1-2-13(15)14-10-19(18-17-14)8-3-9-20-12-6-4-11(16)5-7-12/h4-7,10,13H,2-3,8-9H2,1H3. The van der Waals surface area contributed by atoms with Crippen LogP contribution in [-0.4, -0.2) is 21.6 Å². The number of hydrogen-bond acceptors (Lipinski definition) is 3. The van der Waals surface area contributed by atoms with Crippen LogP contribution in [-0.2, 0) is 6.54 Å². The van der Waals surface area contributed by atoms with Crippen molar-refractivity contribution in [3.8, 4) is 5.75 Å². The number of aryl methyl sites for hydroxylation is 1. The molecule has 1 aromatic heterocycles. The molecule has 0 fully saturated rings. The van der Waals surface area contributed by atoms with Crippen LogP contribution in [0.4, 0.5) is 4.39 Å². The van der Waals surface area contributed by atoms with Crippen LogP contribution < -0.4 is 4.74 Å². The van der Waals surface area contributed by atoms with E-state index in [1.54, 1.807) is 16.8 Å². The van der Waals surface area contributed by atoms with Gasteiger partial charge in [0, 0.05) is 19.2 Å². The molecular weight excluding hydrogens is 281 g/mol. The Bertz CT molecular complexity index is 529. The Morgan fingerprint density at radius 3 is 2.80 bits per heavy atom. The van der Waals surface area contributed by atoms with Crippen LogP contribution in [0.5, 0.6) is 5.75 Å². The van der Waals surface area contributed by atoms with Gasteiger partial charge in [-0.25, -0.2) is 4.39 Å². The molecule has 6 heteroatoms. The van der Waals surface area contributed by atoms with E-state index in [4.69, 9.17) is 16.3 Å². The van der Waals surface area contributed by atoms with E-state index in [9.17, 15) is 4.39 Å². The smallest absolute Gasteiger partial charge is 0.123 e. The lowest BCUT2D eigenvalue weighted by Gasteiger charge is -2.05. The molecule has 0 aliphatic heterocycles. The maximum atomic E-state index is 12.7. The Morgan fingerprint density at radius 2 is 2.10 bits per heavy atom. The lowest BCUT2D eigenvalue weighted by Crippen LogP contribution is -2.05. The zero-order chi connectivity index (χ0) is 14.4. The van der Waals surface area contributed by atoms with Gasteiger partial charge in [0.25, 0.3) is 0 Å². The first kappa shape index (κ1) is 14.8. The number of benzene rings is 1. The molecule has 1 heterocycles. The van der Waals surface area contributed by atoms with Crippen LogP contribution in [0.2, 0.25) is 0 Å². The van der Waals surface area contributed by atoms with Crippen LogP contribution in [0.3, 0.4) is 0 Å². The summed E-state index contributed by atoms with van der Waals surface area (Å²) in [6, 6.07) is 5.99. The first-order valence-corrected chi connectivity index (χ1v) is 7.05. The first-order valence-electron chi connectivity index (χ1n) is 6.61. The molecule has 2 aromatic rings. The predicted molar refractivity (Wildman–Crippen MR) is 75.4 cm³/mol. The largest absolute Gasteiger partial charge is 0.494 e. The lowest BCUT2D eigenvalue weighted by molar-refractivity contribution is 0.297. The van der Waals surface area contributed by atoms with Gasteiger partial charge < -0.3 is 4.74 Å². The third kappa shape index (κ3) is 4.20. The van der Waals surface area contributed by atoms with Gasteiger partial charge in [-0.3, -0.25) is 4.68 Å². The van der Waals surface area contributed by atoms with Gasteiger partial charge in [0.15, 0.2) is 0 Å². The minimum Gasteiger partial charge on any atom is -0.494 e. The van der Waals surface area contributed by atoms with E-state index >= 15 is 0 Å². The monoisotopic (exact) mass is 297 g/mol. The first-order chi connectivity index (χ1) is 9.69. The highest BCUT2D eigenvalue weighted by Gasteiger charge is 2.09. The highest BCUT2D eigenvalue weighted by molar-refractivity contribution is 6.20. The van der Waals surface area contributed by atoms with E-state index in [-0.39, 0.29) is 11.2 Å². The summed E-state index contributed by atoms with van der Waals surface area (Å²) in [6.45, 7) is 3.26. The molecule has 1 atom stereocenters. The van der Waals surface area contributed by atoms with Crippen molar-refractivity contribution in [3.05, 3.63) is 42.0 Å². The van der Waals surface area contributed by atoms with Crippen LogP contribution in [0.25, 0.3) is 0 Å². The molecule has 0 N–H and O–H groups in total. The van der Waals surface area contributed by atoms with Crippen molar-refractivity contribution in [2.24, 2.45) is 0 Å². The fourth-order valence-corrected chi connectivity index (χ4v) is 1.82. The minimum absolute atomic E-state index is 0.0841. The molecule has 0 aliphatic carbocycles.